The van der Waals surface area contributed by atoms with Crippen LogP contribution in [0.1, 0.15) is 39.3 Å². The highest BCUT2D eigenvalue weighted by molar-refractivity contribution is 4.95. The van der Waals surface area contributed by atoms with E-state index in [9.17, 15) is 0 Å². The molecular formula is C13H25N5. The van der Waals surface area contributed by atoms with E-state index in [0.717, 1.165) is 31.9 Å². The summed E-state index contributed by atoms with van der Waals surface area (Å²) in [6.45, 7) is 10.4. The molecule has 0 amide bonds. The molecular weight excluding hydrogens is 226 g/mol. The van der Waals surface area contributed by atoms with Crippen LogP contribution < -0.4 is 5.73 Å². The van der Waals surface area contributed by atoms with Gasteiger partial charge in [-0.2, -0.15) is 0 Å². The lowest BCUT2D eigenvalue weighted by atomic mass is 9.97. The SMILES string of the molecule is CC(C)(C)n1cc(CN2CCC(CN)CC2)nn1. The molecule has 0 spiro atoms. The summed E-state index contributed by atoms with van der Waals surface area (Å²) < 4.78 is 1.94. The van der Waals surface area contributed by atoms with E-state index in [2.05, 4.69) is 42.2 Å². The molecule has 1 aliphatic heterocycles. The fourth-order valence-electron chi connectivity index (χ4n) is 2.31. The Balaban J connectivity index is 1.89. The highest BCUT2D eigenvalue weighted by Crippen LogP contribution is 2.18. The first-order chi connectivity index (χ1) is 8.49. The molecule has 18 heavy (non-hydrogen) atoms. The van der Waals surface area contributed by atoms with Gasteiger partial charge >= 0.3 is 0 Å². The zero-order chi connectivity index (χ0) is 13.2. The number of nitrogens with zero attached hydrogens (tertiary/aromatic N) is 4. The molecule has 0 atom stereocenters. The average molecular weight is 251 g/mol. The Bertz CT molecular complexity index is 371. The van der Waals surface area contributed by atoms with E-state index in [1.54, 1.807) is 0 Å². The van der Waals surface area contributed by atoms with Crippen LogP contribution >= 0.6 is 0 Å². The lowest BCUT2D eigenvalue weighted by Crippen LogP contribution is -2.35. The van der Waals surface area contributed by atoms with Crippen molar-refractivity contribution in [1.82, 2.24) is 19.9 Å². The van der Waals surface area contributed by atoms with Crippen molar-refractivity contribution in [2.24, 2.45) is 11.7 Å². The number of aromatic nitrogens is 3. The van der Waals surface area contributed by atoms with Crippen molar-refractivity contribution < 1.29 is 0 Å². The molecule has 2 heterocycles. The largest absolute Gasteiger partial charge is 0.330 e. The number of likely N-dealkylation sites (tertiary alicyclic amines) is 1. The highest BCUT2D eigenvalue weighted by atomic mass is 15.4. The summed E-state index contributed by atoms with van der Waals surface area (Å²) in [4.78, 5) is 2.45. The van der Waals surface area contributed by atoms with E-state index in [0.29, 0.717) is 5.92 Å². The zero-order valence-electron chi connectivity index (χ0n) is 11.8. The van der Waals surface area contributed by atoms with Crippen LogP contribution in [0.15, 0.2) is 6.20 Å². The Morgan fingerprint density at radius 2 is 2.00 bits per heavy atom. The molecule has 5 nitrogen and oxygen atoms in total. The standard InChI is InChI=1S/C13H25N5/c1-13(2,3)18-10-12(15-16-18)9-17-6-4-11(8-14)5-7-17/h10-11H,4-9,14H2,1-3H3. The molecule has 1 aromatic rings. The van der Waals surface area contributed by atoms with Crippen molar-refractivity contribution in [2.75, 3.05) is 19.6 Å². The van der Waals surface area contributed by atoms with Crippen molar-refractivity contribution >= 4 is 0 Å². The van der Waals surface area contributed by atoms with Gasteiger partial charge in [0.1, 0.15) is 0 Å². The molecule has 1 aliphatic rings. The lowest BCUT2D eigenvalue weighted by molar-refractivity contribution is 0.178. The van der Waals surface area contributed by atoms with E-state index in [1.807, 2.05) is 4.68 Å². The summed E-state index contributed by atoms with van der Waals surface area (Å²) >= 11 is 0. The number of hydrogen-bond acceptors (Lipinski definition) is 4. The van der Waals surface area contributed by atoms with Gasteiger partial charge in [0.05, 0.1) is 17.4 Å². The first-order valence-corrected chi connectivity index (χ1v) is 6.83. The first-order valence-electron chi connectivity index (χ1n) is 6.83. The van der Waals surface area contributed by atoms with Gasteiger partial charge in [-0.15, -0.1) is 5.10 Å². The van der Waals surface area contributed by atoms with Gasteiger partial charge in [0, 0.05) is 6.54 Å². The van der Waals surface area contributed by atoms with Crippen molar-refractivity contribution in [1.29, 1.82) is 0 Å². The van der Waals surface area contributed by atoms with Crippen molar-refractivity contribution in [2.45, 2.75) is 45.7 Å². The smallest absolute Gasteiger partial charge is 0.0967 e. The Morgan fingerprint density at radius 1 is 1.33 bits per heavy atom. The topological polar surface area (TPSA) is 60.0 Å². The third-order valence-electron chi connectivity index (χ3n) is 3.65. The van der Waals surface area contributed by atoms with Crippen LogP contribution in [-0.4, -0.2) is 39.5 Å². The minimum Gasteiger partial charge on any atom is -0.330 e. The maximum atomic E-state index is 5.71. The quantitative estimate of drug-likeness (QED) is 0.877. The van der Waals surface area contributed by atoms with E-state index < -0.39 is 0 Å². The molecule has 0 aromatic carbocycles. The van der Waals surface area contributed by atoms with Gasteiger partial charge < -0.3 is 5.73 Å². The van der Waals surface area contributed by atoms with Crippen LogP contribution in [0.3, 0.4) is 0 Å². The maximum Gasteiger partial charge on any atom is 0.0967 e. The van der Waals surface area contributed by atoms with Gasteiger partial charge in [0.25, 0.3) is 0 Å². The van der Waals surface area contributed by atoms with Gasteiger partial charge in [-0.05, 0) is 59.2 Å². The molecule has 2 rings (SSSR count). The van der Waals surface area contributed by atoms with Gasteiger partial charge in [0.15, 0.2) is 0 Å². The number of hydrogen-bond donors (Lipinski definition) is 1. The van der Waals surface area contributed by atoms with Crippen LogP contribution in [0, 0.1) is 5.92 Å². The molecule has 1 fully saturated rings. The average Bonchev–Trinajstić information content (AvgIpc) is 2.78. The Hall–Kier alpha value is -0.940. The molecule has 0 aliphatic carbocycles. The Morgan fingerprint density at radius 3 is 2.50 bits per heavy atom. The third kappa shape index (κ3) is 3.29. The summed E-state index contributed by atoms with van der Waals surface area (Å²) in [5.41, 5.74) is 6.79. The Kier molecular flexibility index (Phi) is 4.02. The summed E-state index contributed by atoms with van der Waals surface area (Å²) in [5, 5.41) is 8.47. The molecule has 0 radical (unpaired) electrons. The fourth-order valence-corrected chi connectivity index (χ4v) is 2.31. The van der Waals surface area contributed by atoms with Crippen molar-refractivity contribution in [3.8, 4) is 0 Å². The first kappa shape index (κ1) is 13.5. The summed E-state index contributed by atoms with van der Waals surface area (Å²) in [5.74, 6) is 0.714. The van der Waals surface area contributed by atoms with Crippen LogP contribution in [0.5, 0.6) is 0 Å². The second kappa shape index (κ2) is 5.36. The van der Waals surface area contributed by atoms with Crippen LogP contribution in [0.25, 0.3) is 0 Å². The lowest BCUT2D eigenvalue weighted by Gasteiger charge is -2.30. The molecule has 2 N–H and O–H groups in total. The molecule has 1 saturated heterocycles. The molecule has 5 heteroatoms. The fraction of sp³-hybridized carbons (Fsp3) is 0.846. The Labute approximate surface area is 109 Å². The third-order valence-corrected chi connectivity index (χ3v) is 3.65. The summed E-state index contributed by atoms with van der Waals surface area (Å²) in [7, 11) is 0. The van der Waals surface area contributed by atoms with Crippen molar-refractivity contribution in [3.05, 3.63) is 11.9 Å². The van der Waals surface area contributed by atoms with Gasteiger partial charge in [-0.25, -0.2) is 4.68 Å². The molecule has 0 saturated carbocycles. The molecule has 102 valence electrons. The van der Waals surface area contributed by atoms with E-state index >= 15 is 0 Å². The highest BCUT2D eigenvalue weighted by Gasteiger charge is 2.20. The second-order valence-electron chi connectivity index (χ2n) is 6.28. The number of piperidine rings is 1. The zero-order valence-corrected chi connectivity index (χ0v) is 11.8. The van der Waals surface area contributed by atoms with Crippen LogP contribution in [0.4, 0.5) is 0 Å². The summed E-state index contributed by atoms with van der Waals surface area (Å²) in [6, 6.07) is 0. The van der Waals surface area contributed by atoms with Gasteiger partial charge in [0.2, 0.25) is 0 Å². The molecule has 0 bridgehead atoms. The minimum atomic E-state index is 0.0117. The second-order valence-corrected chi connectivity index (χ2v) is 6.28. The van der Waals surface area contributed by atoms with Crippen LogP contribution in [-0.2, 0) is 12.1 Å². The normalized spacial score (nSPS) is 19.3. The van der Waals surface area contributed by atoms with Crippen molar-refractivity contribution in [3.63, 3.8) is 0 Å². The molecule has 1 aromatic heterocycles. The molecule has 0 unspecified atom stereocenters. The summed E-state index contributed by atoms with van der Waals surface area (Å²) in [6.07, 6.45) is 4.49. The number of rotatable bonds is 3. The van der Waals surface area contributed by atoms with E-state index in [4.69, 9.17) is 5.73 Å². The maximum absolute atomic E-state index is 5.71. The van der Waals surface area contributed by atoms with E-state index in [1.165, 1.54) is 12.8 Å². The predicted molar refractivity (Wildman–Crippen MR) is 72.1 cm³/mol. The predicted octanol–water partition coefficient (Wildman–Crippen LogP) is 1.20. The minimum absolute atomic E-state index is 0.0117. The number of nitrogens with two attached hydrogens (primary N) is 1. The van der Waals surface area contributed by atoms with Gasteiger partial charge in [-0.3, -0.25) is 4.90 Å². The van der Waals surface area contributed by atoms with E-state index in [-0.39, 0.29) is 5.54 Å². The monoisotopic (exact) mass is 251 g/mol. The van der Waals surface area contributed by atoms with Crippen LogP contribution in [0.2, 0.25) is 0 Å². The van der Waals surface area contributed by atoms with Gasteiger partial charge in [-0.1, -0.05) is 5.21 Å².